The molecule has 0 radical (unpaired) electrons. The van der Waals surface area contributed by atoms with Gasteiger partial charge in [-0.3, -0.25) is 0 Å². The minimum absolute atomic E-state index is 0.283. The number of halogens is 4. The Labute approximate surface area is 127 Å². The lowest BCUT2D eigenvalue weighted by Gasteiger charge is -2.12. The molecule has 2 aromatic carbocycles. The van der Waals surface area contributed by atoms with Crippen LogP contribution in [0.1, 0.15) is 16.5 Å². The fourth-order valence-corrected chi connectivity index (χ4v) is 2.69. The highest BCUT2D eigenvalue weighted by Crippen LogP contribution is 2.30. The van der Waals surface area contributed by atoms with Gasteiger partial charge < -0.3 is 0 Å². The van der Waals surface area contributed by atoms with Gasteiger partial charge in [-0.05, 0) is 46.1 Å². The van der Waals surface area contributed by atoms with Crippen LogP contribution in [0.2, 0.25) is 0 Å². The highest BCUT2D eigenvalue weighted by atomic mass is 79.9. The van der Waals surface area contributed by atoms with Crippen molar-refractivity contribution in [2.75, 3.05) is 0 Å². The van der Waals surface area contributed by atoms with Crippen molar-refractivity contribution in [3.05, 3.63) is 68.4 Å². The first-order valence-electron chi connectivity index (χ1n) is 5.40. The third-order valence-corrected chi connectivity index (χ3v) is 4.18. The smallest absolute Gasteiger partial charge is 0.142 e. The molecule has 0 heterocycles. The molecule has 2 aromatic rings. The van der Waals surface area contributed by atoms with Gasteiger partial charge in [-0.1, -0.05) is 40.2 Å². The maximum Gasteiger partial charge on any atom is 0.142 e. The van der Waals surface area contributed by atoms with Crippen molar-refractivity contribution < 1.29 is 4.39 Å². The maximum absolute atomic E-state index is 13.9. The Morgan fingerprint density at radius 3 is 2.39 bits per heavy atom. The molecule has 0 fully saturated rings. The molecule has 94 valence electrons. The van der Waals surface area contributed by atoms with E-state index in [0.717, 1.165) is 10.0 Å². The van der Waals surface area contributed by atoms with E-state index in [2.05, 4.69) is 31.9 Å². The van der Waals surface area contributed by atoms with Gasteiger partial charge in [0.05, 0.1) is 9.85 Å². The lowest BCUT2D eigenvalue weighted by molar-refractivity contribution is 0.599. The first kappa shape index (κ1) is 14.0. The predicted octanol–water partition coefficient (Wildman–Crippen LogP) is 5.87. The van der Waals surface area contributed by atoms with E-state index in [-0.39, 0.29) is 11.2 Å². The van der Waals surface area contributed by atoms with Gasteiger partial charge in [-0.15, -0.1) is 11.6 Å². The van der Waals surface area contributed by atoms with Crippen LogP contribution in [-0.2, 0) is 6.42 Å². The SMILES string of the molecule is Fc1c(Br)cccc1C(Cl)Cc1ccc(Br)cc1. The van der Waals surface area contributed by atoms with Crippen LogP contribution in [-0.4, -0.2) is 0 Å². The average Bonchev–Trinajstić information content (AvgIpc) is 2.35. The molecule has 0 aliphatic heterocycles. The molecule has 0 nitrogen and oxygen atoms in total. The molecule has 0 bridgehead atoms. The molecule has 0 aliphatic rings. The fraction of sp³-hybridized carbons (Fsp3) is 0.143. The molecule has 1 atom stereocenters. The van der Waals surface area contributed by atoms with Crippen molar-refractivity contribution in [2.24, 2.45) is 0 Å². The van der Waals surface area contributed by atoms with Gasteiger partial charge in [0.15, 0.2) is 0 Å². The molecule has 0 saturated heterocycles. The van der Waals surface area contributed by atoms with E-state index < -0.39 is 0 Å². The van der Waals surface area contributed by atoms with Crippen molar-refractivity contribution in [1.82, 2.24) is 0 Å². The fourth-order valence-electron chi connectivity index (χ4n) is 1.70. The molecule has 0 N–H and O–H groups in total. The van der Waals surface area contributed by atoms with Gasteiger partial charge in [-0.2, -0.15) is 0 Å². The van der Waals surface area contributed by atoms with Gasteiger partial charge >= 0.3 is 0 Å². The highest BCUT2D eigenvalue weighted by Gasteiger charge is 2.15. The number of hydrogen-bond donors (Lipinski definition) is 0. The summed E-state index contributed by atoms with van der Waals surface area (Å²) in [4.78, 5) is 0. The Morgan fingerprint density at radius 1 is 1.06 bits per heavy atom. The zero-order valence-electron chi connectivity index (χ0n) is 9.34. The van der Waals surface area contributed by atoms with Crippen LogP contribution < -0.4 is 0 Å². The molecule has 18 heavy (non-hydrogen) atoms. The normalized spacial score (nSPS) is 12.4. The van der Waals surface area contributed by atoms with E-state index in [9.17, 15) is 4.39 Å². The van der Waals surface area contributed by atoms with Crippen molar-refractivity contribution in [3.8, 4) is 0 Å². The zero-order valence-corrected chi connectivity index (χ0v) is 13.3. The average molecular weight is 392 g/mol. The van der Waals surface area contributed by atoms with Crippen molar-refractivity contribution in [3.63, 3.8) is 0 Å². The number of rotatable bonds is 3. The van der Waals surface area contributed by atoms with E-state index >= 15 is 0 Å². The van der Waals surface area contributed by atoms with Crippen LogP contribution in [0.5, 0.6) is 0 Å². The second-order valence-electron chi connectivity index (χ2n) is 3.94. The molecule has 0 aromatic heterocycles. The maximum atomic E-state index is 13.9. The molecular weight excluding hydrogens is 382 g/mol. The van der Waals surface area contributed by atoms with Crippen molar-refractivity contribution in [2.45, 2.75) is 11.8 Å². The summed E-state index contributed by atoms with van der Waals surface area (Å²) in [6.45, 7) is 0. The Morgan fingerprint density at radius 2 is 1.72 bits per heavy atom. The number of hydrogen-bond acceptors (Lipinski definition) is 0. The summed E-state index contributed by atoms with van der Waals surface area (Å²) in [5.74, 6) is -0.283. The molecule has 0 spiro atoms. The van der Waals surface area contributed by atoms with Crippen molar-refractivity contribution >= 4 is 43.5 Å². The van der Waals surface area contributed by atoms with Crippen LogP contribution in [0.4, 0.5) is 4.39 Å². The van der Waals surface area contributed by atoms with E-state index in [1.165, 1.54) is 0 Å². The summed E-state index contributed by atoms with van der Waals surface area (Å²) in [5, 5.41) is -0.372. The van der Waals surface area contributed by atoms with Crippen molar-refractivity contribution in [1.29, 1.82) is 0 Å². The summed E-state index contributed by atoms with van der Waals surface area (Å²) in [6.07, 6.45) is 0.599. The number of alkyl halides is 1. The zero-order chi connectivity index (χ0) is 13.1. The Balaban J connectivity index is 2.19. The molecule has 2 rings (SSSR count). The topological polar surface area (TPSA) is 0 Å². The van der Waals surface area contributed by atoms with E-state index in [0.29, 0.717) is 16.5 Å². The van der Waals surface area contributed by atoms with Crippen LogP contribution >= 0.6 is 43.5 Å². The standard InChI is InChI=1S/C14H10Br2ClF/c15-10-6-4-9(5-7-10)8-13(17)11-2-1-3-12(16)14(11)18/h1-7,13H,8H2. The van der Waals surface area contributed by atoms with Gasteiger partial charge in [0, 0.05) is 10.0 Å². The summed E-state index contributed by atoms with van der Waals surface area (Å²) < 4.78 is 15.3. The second kappa shape index (κ2) is 6.18. The summed E-state index contributed by atoms with van der Waals surface area (Å²) in [5.41, 5.74) is 1.60. The summed E-state index contributed by atoms with van der Waals surface area (Å²) in [7, 11) is 0. The Bertz CT molecular complexity index is 540. The molecule has 1 unspecified atom stereocenters. The van der Waals surface area contributed by atoms with Gasteiger partial charge in [0.1, 0.15) is 5.82 Å². The minimum atomic E-state index is -0.372. The quantitative estimate of drug-likeness (QED) is 0.573. The van der Waals surface area contributed by atoms with E-state index in [1.807, 2.05) is 24.3 Å². The van der Waals surface area contributed by atoms with Crippen LogP contribution in [0.15, 0.2) is 51.4 Å². The first-order chi connectivity index (χ1) is 8.58. The molecule has 0 aliphatic carbocycles. The minimum Gasteiger partial charge on any atom is -0.205 e. The summed E-state index contributed by atoms with van der Waals surface area (Å²) in [6, 6.07) is 13.1. The third-order valence-electron chi connectivity index (χ3n) is 2.65. The third kappa shape index (κ3) is 3.34. The van der Waals surface area contributed by atoms with Gasteiger partial charge in [0.2, 0.25) is 0 Å². The molecule has 0 saturated carbocycles. The second-order valence-corrected chi connectivity index (χ2v) is 6.24. The van der Waals surface area contributed by atoms with Crippen LogP contribution in [0.25, 0.3) is 0 Å². The molecule has 0 amide bonds. The molecule has 4 heteroatoms. The van der Waals surface area contributed by atoms with Crippen LogP contribution in [0.3, 0.4) is 0 Å². The van der Waals surface area contributed by atoms with E-state index in [4.69, 9.17) is 11.6 Å². The number of benzene rings is 2. The van der Waals surface area contributed by atoms with E-state index in [1.54, 1.807) is 18.2 Å². The highest BCUT2D eigenvalue weighted by molar-refractivity contribution is 9.10. The first-order valence-corrected chi connectivity index (χ1v) is 7.42. The monoisotopic (exact) mass is 390 g/mol. The lowest BCUT2D eigenvalue weighted by atomic mass is 10.0. The summed E-state index contributed by atoms with van der Waals surface area (Å²) >= 11 is 12.8. The van der Waals surface area contributed by atoms with Crippen LogP contribution in [0, 0.1) is 5.82 Å². The largest absolute Gasteiger partial charge is 0.205 e. The predicted molar refractivity (Wildman–Crippen MR) is 80.5 cm³/mol. The Kier molecular flexibility index (Phi) is 4.82. The Hall–Kier alpha value is -0.380. The van der Waals surface area contributed by atoms with Gasteiger partial charge in [-0.25, -0.2) is 4.39 Å². The molecular formula is C14H10Br2ClF. The van der Waals surface area contributed by atoms with Gasteiger partial charge in [0.25, 0.3) is 0 Å². The lowest BCUT2D eigenvalue weighted by Crippen LogP contribution is -1.99.